The third-order valence-corrected chi connectivity index (χ3v) is 7.04. The summed E-state index contributed by atoms with van der Waals surface area (Å²) in [6, 6.07) is 16.2. The van der Waals surface area contributed by atoms with Crippen molar-refractivity contribution < 1.29 is 0 Å². The lowest BCUT2D eigenvalue weighted by molar-refractivity contribution is 0.700. The van der Waals surface area contributed by atoms with Gasteiger partial charge < -0.3 is 5.32 Å². The number of nitrogens with zero attached hydrogens (tertiary/aromatic N) is 5. The minimum Gasteiger partial charge on any atom is -0.362 e. The minimum atomic E-state index is 0.545. The van der Waals surface area contributed by atoms with E-state index in [0.29, 0.717) is 12.4 Å². The molecular weight excluding hydrogens is 416 g/mol. The van der Waals surface area contributed by atoms with E-state index in [1.807, 2.05) is 64.4 Å². The van der Waals surface area contributed by atoms with E-state index in [4.69, 9.17) is 9.97 Å². The zero-order valence-corrected chi connectivity index (χ0v) is 18.3. The van der Waals surface area contributed by atoms with E-state index >= 15 is 0 Å². The summed E-state index contributed by atoms with van der Waals surface area (Å²) in [5, 5.41) is 13.4. The fraction of sp³-hybridized carbons (Fsp3) is 0.200. The molecule has 0 saturated carbocycles. The molecule has 0 atom stereocenters. The van der Waals surface area contributed by atoms with Gasteiger partial charge in [0.05, 0.1) is 11.9 Å². The lowest BCUT2D eigenvalue weighted by Gasteiger charge is -2.12. The van der Waals surface area contributed by atoms with Gasteiger partial charge in [0.1, 0.15) is 10.6 Å². The van der Waals surface area contributed by atoms with Crippen LogP contribution in [0.5, 0.6) is 0 Å². The molecule has 158 valence electrons. The number of nitrogens with one attached hydrogen (secondary N) is 1. The summed E-state index contributed by atoms with van der Waals surface area (Å²) in [5.41, 5.74) is 3.39. The molecule has 0 spiro atoms. The first-order chi connectivity index (χ1) is 15.8. The summed E-state index contributed by atoms with van der Waals surface area (Å²) >= 11 is 1.82. The summed E-state index contributed by atoms with van der Waals surface area (Å²) in [6.07, 6.45) is 10.8. The standard InChI is InChI=1S/C25H22N6S/c1-2-8-17(9-3-1)13-14-20-27-24(23-18-10-4-5-11-19(18)32-25(23)28-20)26-16-22-30-29-21-12-6-7-15-31(21)22/h1-3,6-9,12-15H,4-5,10-11,16H2,(H,26,27,28)/b14-13+. The van der Waals surface area contributed by atoms with E-state index in [9.17, 15) is 0 Å². The summed E-state index contributed by atoms with van der Waals surface area (Å²) in [7, 11) is 0. The van der Waals surface area contributed by atoms with Gasteiger partial charge in [-0.15, -0.1) is 21.5 Å². The molecule has 6 nitrogen and oxygen atoms in total. The van der Waals surface area contributed by atoms with E-state index in [0.717, 1.165) is 40.5 Å². The van der Waals surface area contributed by atoms with E-state index in [-0.39, 0.29) is 0 Å². The van der Waals surface area contributed by atoms with E-state index < -0.39 is 0 Å². The first-order valence-electron chi connectivity index (χ1n) is 10.9. The van der Waals surface area contributed by atoms with Crippen LogP contribution in [0.4, 0.5) is 5.82 Å². The largest absolute Gasteiger partial charge is 0.362 e. The number of hydrogen-bond donors (Lipinski definition) is 1. The van der Waals surface area contributed by atoms with Crippen LogP contribution in [-0.4, -0.2) is 24.6 Å². The summed E-state index contributed by atoms with van der Waals surface area (Å²) in [4.78, 5) is 12.3. The average Bonchev–Trinajstić information content (AvgIpc) is 3.43. The number of rotatable bonds is 5. The summed E-state index contributed by atoms with van der Waals surface area (Å²) in [6.45, 7) is 0.545. The van der Waals surface area contributed by atoms with Gasteiger partial charge in [0.25, 0.3) is 0 Å². The molecule has 1 N–H and O–H groups in total. The van der Waals surface area contributed by atoms with Crippen molar-refractivity contribution in [1.82, 2.24) is 24.6 Å². The first kappa shape index (κ1) is 19.1. The monoisotopic (exact) mass is 438 g/mol. The molecule has 32 heavy (non-hydrogen) atoms. The maximum atomic E-state index is 4.92. The molecule has 0 aliphatic heterocycles. The molecule has 4 heterocycles. The Morgan fingerprint density at radius 2 is 1.81 bits per heavy atom. The highest BCUT2D eigenvalue weighted by atomic mass is 32.1. The van der Waals surface area contributed by atoms with Crippen molar-refractivity contribution in [1.29, 1.82) is 0 Å². The van der Waals surface area contributed by atoms with Crippen molar-refractivity contribution in [3.05, 3.63) is 82.4 Å². The van der Waals surface area contributed by atoms with Crippen molar-refractivity contribution >= 4 is 45.2 Å². The van der Waals surface area contributed by atoms with Gasteiger partial charge in [-0.2, -0.15) is 0 Å². The maximum Gasteiger partial charge on any atom is 0.160 e. The molecule has 0 radical (unpaired) electrons. The Bertz CT molecular complexity index is 1430. The first-order valence-corrected chi connectivity index (χ1v) is 11.7. The van der Waals surface area contributed by atoms with Crippen LogP contribution < -0.4 is 5.32 Å². The highest BCUT2D eigenvalue weighted by Crippen LogP contribution is 2.38. The van der Waals surface area contributed by atoms with Crippen LogP contribution in [0.15, 0.2) is 54.7 Å². The molecule has 0 fully saturated rings. The van der Waals surface area contributed by atoms with Crippen molar-refractivity contribution in [2.75, 3.05) is 5.32 Å². The fourth-order valence-electron chi connectivity index (χ4n) is 4.29. The third-order valence-electron chi connectivity index (χ3n) is 5.85. The van der Waals surface area contributed by atoms with Crippen LogP contribution >= 0.6 is 11.3 Å². The van der Waals surface area contributed by atoms with Gasteiger partial charge in [0, 0.05) is 11.1 Å². The minimum absolute atomic E-state index is 0.545. The van der Waals surface area contributed by atoms with Gasteiger partial charge >= 0.3 is 0 Å². The van der Waals surface area contributed by atoms with Crippen LogP contribution in [0.1, 0.15) is 40.5 Å². The third kappa shape index (κ3) is 3.54. The van der Waals surface area contributed by atoms with E-state index in [2.05, 4.69) is 33.7 Å². The predicted octanol–water partition coefficient (Wildman–Crippen LogP) is 5.40. The van der Waals surface area contributed by atoms with Gasteiger partial charge in [-0.3, -0.25) is 4.40 Å². The average molecular weight is 439 g/mol. The van der Waals surface area contributed by atoms with Crippen LogP contribution in [0.3, 0.4) is 0 Å². The van der Waals surface area contributed by atoms with E-state index in [1.165, 1.54) is 28.7 Å². The SMILES string of the molecule is C(=C\c1nc(NCc2nnc3ccccn23)c2c3c(sc2n1)CCCC3)/c1ccccc1. The molecule has 0 saturated heterocycles. The lowest BCUT2D eigenvalue weighted by Crippen LogP contribution is -2.08. The molecule has 1 aliphatic rings. The van der Waals surface area contributed by atoms with Gasteiger partial charge in [0.15, 0.2) is 17.3 Å². The second kappa shape index (κ2) is 8.16. The highest BCUT2D eigenvalue weighted by molar-refractivity contribution is 7.19. The van der Waals surface area contributed by atoms with Crippen molar-refractivity contribution in [3.63, 3.8) is 0 Å². The molecule has 4 aromatic heterocycles. The van der Waals surface area contributed by atoms with Crippen molar-refractivity contribution in [3.8, 4) is 0 Å². The van der Waals surface area contributed by atoms with Gasteiger partial charge in [-0.05, 0) is 55.0 Å². The predicted molar refractivity (Wildman–Crippen MR) is 130 cm³/mol. The Balaban J connectivity index is 1.39. The van der Waals surface area contributed by atoms with Crippen molar-refractivity contribution in [2.45, 2.75) is 32.2 Å². The Hall–Kier alpha value is -3.58. The number of benzene rings is 1. The van der Waals surface area contributed by atoms with Crippen LogP contribution in [0, 0.1) is 0 Å². The number of hydrogen-bond acceptors (Lipinski definition) is 6. The Morgan fingerprint density at radius 3 is 2.75 bits per heavy atom. The molecule has 0 amide bonds. The van der Waals surface area contributed by atoms with Crippen LogP contribution in [0.25, 0.3) is 28.0 Å². The second-order valence-electron chi connectivity index (χ2n) is 7.96. The number of fused-ring (bicyclic) bond motifs is 4. The van der Waals surface area contributed by atoms with E-state index in [1.54, 1.807) is 0 Å². The molecule has 1 aromatic carbocycles. The zero-order valence-electron chi connectivity index (χ0n) is 17.5. The number of anilines is 1. The molecule has 1 aliphatic carbocycles. The molecule has 6 rings (SSSR count). The topological polar surface area (TPSA) is 68.0 Å². The molecule has 0 unspecified atom stereocenters. The van der Waals surface area contributed by atoms with Crippen LogP contribution in [-0.2, 0) is 19.4 Å². The van der Waals surface area contributed by atoms with Gasteiger partial charge in [0.2, 0.25) is 0 Å². The highest BCUT2D eigenvalue weighted by Gasteiger charge is 2.21. The number of aromatic nitrogens is 5. The second-order valence-corrected chi connectivity index (χ2v) is 9.05. The number of aryl methyl sites for hydroxylation is 2. The quantitative estimate of drug-likeness (QED) is 0.398. The lowest BCUT2D eigenvalue weighted by atomic mass is 9.97. The zero-order chi connectivity index (χ0) is 21.3. The normalized spacial score (nSPS) is 13.8. The maximum absolute atomic E-state index is 4.92. The van der Waals surface area contributed by atoms with Crippen LogP contribution in [0.2, 0.25) is 0 Å². The smallest absolute Gasteiger partial charge is 0.160 e. The van der Waals surface area contributed by atoms with Crippen molar-refractivity contribution in [2.24, 2.45) is 0 Å². The fourth-order valence-corrected chi connectivity index (χ4v) is 5.55. The summed E-state index contributed by atoms with van der Waals surface area (Å²) in [5.74, 6) is 2.46. The Morgan fingerprint density at radius 1 is 0.938 bits per heavy atom. The Kier molecular flexibility index (Phi) is 4.88. The number of pyridine rings is 1. The molecular formula is C25H22N6S. The number of thiophene rings is 1. The van der Waals surface area contributed by atoms with Gasteiger partial charge in [-0.1, -0.05) is 42.5 Å². The molecule has 0 bridgehead atoms. The molecule has 5 aromatic rings. The van der Waals surface area contributed by atoms with Gasteiger partial charge in [-0.25, -0.2) is 9.97 Å². The Labute approximate surface area is 189 Å². The molecule has 7 heteroatoms. The summed E-state index contributed by atoms with van der Waals surface area (Å²) < 4.78 is 2.00.